The third-order valence-electron chi connectivity index (χ3n) is 6.17. The van der Waals surface area contributed by atoms with Crippen LogP contribution in [0.25, 0.3) is 10.9 Å². The van der Waals surface area contributed by atoms with Crippen LogP contribution in [0.5, 0.6) is 5.88 Å². The van der Waals surface area contributed by atoms with Gasteiger partial charge in [0.2, 0.25) is 11.8 Å². The van der Waals surface area contributed by atoms with Gasteiger partial charge in [-0.25, -0.2) is 4.79 Å². The van der Waals surface area contributed by atoms with Gasteiger partial charge < -0.3 is 19.3 Å². The molecule has 0 aliphatic carbocycles. The van der Waals surface area contributed by atoms with E-state index in [4.69, 9.17) is 9.84 Å². The average molecular weight is 400 g/mol. The number of carboxylic acid groups (broad SMARTS) is 1. The Morgan fingerprint density at radius 1 is 1.14 bits per heavy atom. The van der Waals surface area contributed by atoms with Crippen molar-refractivity contribution in [1.82, 2.24) is 19.3 Å². The molecule has 3 heterocycles. The number of carbonyl (C=O) groups is 2. The van der Waals surface area contributed by atoms with Gasteiger partial charge in [-0.2, -0.15) is 0 Å². The van der Waals surface area contributed by atoms with E-state index >= 15 is 0 Å². The molecule has 1 atom stereocenters. The van der Waals surface area contributed by atoms with Crippen LogP contribution in [0.1, 0.15) is 18.4 Å². The molecule has 0 saturated carbocycles. The van der Waals surface area contributed by atoms with Gasteiger partial charge in [0.1, 0.15) is 0 Å². The van der Waals surface area contributed by atoms with Gasteiger partial charge >= 0.3 is 6.16 Å². The van der Waals surface area contributed by atoms with Crippen LogP contribution >= 0.6 is 0 Å². The molecule has 2 fully saturated rings. The molecule has 8 nitrogen and oxygen atoms in total. The van der Waals surface area contributed by atoms with E-state index in [1.165, 1.54) is 0 Å². The van der Waals surface area contributed by atoms with Crippen LogP contribution in [0.2, 0.25) is 0 Å². The van der Waals surface area contributed by atoms with Crippen LogP contribution < -0.4 is 4.74 Å². The molecule has 156 valence electrons. The molecule has 1 amide bonds. The Balaban J connectivity index is 1.43. The summed E-state index contributed by atoms with van der Waals surface area (Å²) in [7, 11) is 3.85. The molecule has 8 heteroatoms. The molecule has 1 aromatic heterocycles. The highest BCUT2D eigenvalue weighted by Crippen LogP contribution is 2.28. The van der Waals surface area contributed by atoms with Crippen molar-refractivity contribution in [3.05, 3.63) is 29.8 Å². The van der Waals surface area contributed by atoms with Crippen LogP contribution in [-0.4, -0.2) is 82.2 Å². The minimum absolute atomic E-state index is 0.0475. The largest absolute Gasteiger partial charge is 0.512 e. The normalized spacial score (nSPS) is 21.0. The van der Waals surface area contributed by atoms with E-state index in [1.54, 1.807) is 10.6 Å². The molecule has 0 spiro atoms. The van der Waals surface area contributed by atoms with Crippen molar-refractivity contribution in [2.24, 2.45) is 7.05 Å². The zero-order chi connectivity index (χ0) is 20.5. The van der Waals surface area contributed by atoms with Gasteiger partial charge in [-0.15, -0.1) is 0 Å². The lowest BCUT2D eigenvalue weighted by Crippen LogP contribution is -2.52. The summed E-state index contributed by atoms with van der Waals surface area (Å²) in [6.07, 6.45) is 0.749. The number of carbonyl (C=O) groups excluding carboxylic acids is 1. The number of likely N-dealkylation sites (tertiary alicyclic amines) is 1. The topological polar surface area (TPSA) is 78.2 Å². The molecule has 0 unspecified atom stereocenters. The Bertz CT molecular complexity index is 917. The summed E-state index contributed by atoms with van der Waals surface area (Å²) in [5, 5.41) is 9.89. The van der Waals surface area contributed by atoms with Gasteiger partial charge in [-0.05, 0) is 32.0 Å². The van der Waals surface area contributed by atoms with E-state index in [0.717, 1.165) is 68.6 Å². The van der Waals surface area contributed by atoms with Crippen molar-refractivity contribution < 1.29 is 19.4 Å². The maximum Gasteiger partial charge on any atom is 0.512 e. The first-order valence-corrected chi connectivity index (χ1v) is 10.1. The lowest BCUT2D eigenvalue weighted by atomic mass is 10.1. The van der Waals surface area contributed by atoms with E-state index in [-0.39, 0.29) is 11.9 Å². The SMILES string of the molecule is CN1CCC[C@H]1C(=O)N1CCN(Cc2cccc3cc(OC(=O)O)n(C)c23)CC1. The second-order valence-electron chi connectivity index (χ2n) is 8.00. The summed E-state index contributed by atoms with van der Waals surface area (Å²) in [6, 6.07) is 7.81. The standard InChI is InChI=1S/C21H28N4O4/c1-22-8-4-7-17(22)20(26)25-11-9-24(10-12-25)14-16-6-3-5-15-13-18(29-21(27)28)23(2)19(15)16/h3,5-6,13,17H,4,7-12,14H2,1-2H3,(H,27,28)/t17-/m0/s1. The highest BCUT2D eigenvalue weighted by Gasteiger charge is 2.32. The highest BCUT2D eigenvalue weighted by atomic mass is 16.7. The molecule has 2 aliphatic heterocycles. The van der Waals surface area contributed by atoms with E-state index in [9.17, 15) is 9.59 Å². The van der Waals surface area contributed by atoms with Gasteiger partial charge in [-0.3, -0.25) is 14.6 Å². The Labute approximate surface area is 170 Å². The number of amides is 1. The predicted octanol–water partition coefficient (Wildman–Crippen LogP) is 1.97. The maximum atomic E-state index is 12.8. The molecule has 2 saturated heterocycles. The van der Waals surface area contributed by atoms with Crippen LogP contribution in [-0.2, 0) is 18.4 Å². The number of rotatable bonds is 4. The van der Waals surface area contributed by atoms with E-state index in [1.807, 2.05) is 31.1 Å². The molecule has 29 heavy (non-hydrogen) atoms. The number of nitrogens with zero attached hydrogens (tertiary/aromatic N) is 4. The lowest BCUT2D eigenvalue weighted by Gasteiger charge is -2.37. The number of benzene rings is 1. The molecule has 4 rings (SSSR count). The summed E-state index contributed by atoms with van der Waals surface area (Å²) in [5.41, 5.74) is 2.11. The zero-order valence-electron chi connectivity index (χ0n) is 17.0. The lowest BCUT2D eigenvalue weighted by molar-refractivity contribution is -0.137. The highest BCUT2D eigenvalue weighted by molar-refractivity contribution is 5.86. The number of ether oxygens (including phenoxy) is 1. The number of fused-ring (bicyclic) bond motifs is 1. The predicted molar refractivity (Wildman–Crippen MR) is 109 cm³/mol. The first-order chi connectivity index (χ1) is 13.9. The molecular weight excluding hydrogens is 372 g/mol. The number of piperazine rings is 1. The first-order valence-electron chi connectivity index (χ1n) is 10.1. The van der Waals surface area contributed by atoms with Crippen LogP contribution in [0.3, 0.4) is 0 Å². The number of hydrogen-bond donors (Lipinski definition) is 1. The third-order valence-corrected chi connectivity index (χ3v) is 6.17. The van der Waals surface area contributed by atoms with Gasteiger partial charge in [0.15, 0.2) is 0 Å². The smallest absolute Gasteiger partial charge is 0.449 e. The van der Waals surface area contributed by atoms with Gasteiger partial charge in [-0.1, -0.05) is 18.2 Å². The maximum absolute atomic E-state index is 12.8. The van der Waals surface area contributed by atoms with E-state index < -0.39 is 6.16 Å². The minimum atomic E-state index is -1.31. The Kier molecular flexibility index (Phi) is 5.47. The second kappa shape index (κ2) is 8.04. The number of hydrogen-bond acceptors (Lipinski definition) is 5. The molecule has 2 aromatic rings. The van der Waals surface area contributed by atoms with Crippen molar-refractivity contribution in [2.75, 3.05) is 39.8 Å². The van der Waals surface area contributed by atoms with Crippen molar-refractivity contribution >= 4 is 23.0 Å². The van der Waals surface area contributed by atoms with Crippen molar-refractivity contribution in [3.63, 3.8) is 0 Å². The molecule has 2 aliphatic rings. The number of aromatic nitrogens is 1. The van der Waals surface area contributed by atoms with Gasteiger partial charge in [0, 0.05) is 51.2 Å². The molecular formula is C21H28N4O4. The summed E-state index contributed by atoms with van der Waals surface area (Å²) in [4.78, 5) is 30.2. The number of aryl methyl sites for hydroxylation is 1. The van der Waals surface area contributed by atoms with Crippen molar-refractivity contribution in [3.8, 4) is 5.88 Å². The molecule has 1 aromatic carbocycles. The van der Waals surface area contributed by atoms with Crippen LogP contribution in [0.15, 0.2) is 24.3 Å². The van der Waals surface area contributed by atoms with Crippen LogP contribution in [0, 0.1) is 0 Å². The number of likely N-dealkylation sites (N-methyl/N-ethyl adjacent to an activating group) is 1. The second-order valence-corrected chi connectivity index (χ2v) is 8.00. The zero-order valence-corrected chi connectivity index (χ0v) is 17.0. The fourth-order valence-electron chi connectivity index (χ4n) is 4.59. The van der Waals surface area contributed by atoms with E-state index in [2.05, 4.69) is 15.9 Å². The quantitative estimate of drug-likeness (QED) is 0.791. The monoisotopic (exact) mass is 400 g/mol. The summed E-state index contributed by atoms with van der Waals surface area (Å²) < 4.78 is 6.68. The first kappa shape index (κ1) is 19.7. The molecule has 0 bridgehead atoms. The summed E-state index contributed by atoms with van der Waals surface area (Å²) in [6.45, 7) is 4.93. The minimum Gasteiger partial charge on any atom is -0.449 e. The summed E-state index contributed by atoms with van der Waals surface area (Å²) in [5.74, 6) is 0.584. The number of para-hydroxylation sites is 1. The fraction of sp³-hybridized carbons (Fsp3) is 0.524. The van der Waals surface area contributed by atoms with Crippen molar-refractivity contribution in [2.45, 2.75) is 25.4 Å². The average Bonchev–Trinajstić information content (AvgIpc) is 3.25. The Morgan fingerprint density at radius 2 is 1.90 bits per heavy atom. The summed E-state index contributed by atoms with van der Waals surface area (Å²) >= 11 is 0. The Hall–Kier alpha value is -2.58. The van der Waals surface area contributed by atoms with Gasteiger partial charge in [0.05, 0.1) is 11.6 Å². The van der Waals surface area contributed by atoms with Gasteiger partial charge in [0.25, 0.3) is 0 Å². The molecule has 1 N–H and O–H groups in total. The van der Waals surface area contributed by atoms with E-state index in [0.29, 0.717) is 5.88 Å². The third kappa shape index (κ3) is 3.95. The Morgan fingerprint density at radius 3 is 2.55 bits per heavy atom. The fourth-order valence-corrected chi connectivity index (χ4v) is 4.59. The van der Waals surface area contributed by atoms with Crippen LogP contribution in [0.4, 0.5) is 4.79 Å². The van der Waals surface area contributed by atoms with Crippen molar-refractivity contribution in [1.29, 1.82) is 0 Å². The molecule has 0 radical (unpaired) electrons.